The molecule has 5 heteroatoms. The van der Waals surface area contributed by atoms with E-state index >= 15 is 0 Å². The van der Waals surface area contributed by atoms with Crippen molar-refractivity contribution in [2.75, 3.05) is 0 Å². The molecule has 5 nitrogen and oxygen atoms in total. The van der Waals surface area contributed by atoms with Crippen LogP contribution in [0, 0.1) is 0 Å². The Labute approximate surface area is 63.1 Å². The molecule has 1 heterocycles. The number of nitrogens with zero attached hydrogens (tertiary/aromatic N) is 2. The maximum absolute atomic E-state index is 10.8. The average molecular weight is 155 g/mol. The van der Waals surface area contributed by atoms with E-state index in [1.54, 1.807) is 0 Å². The molecule has 0 spiro atoms. The maximum Gasteiger partial charge on any atom is 0.270 e. The second-order valence-electron chi connectivity index (χ2n) is 2.14. The quantitative estimate of drug-likeness (QED) is 0.542. The second kappa shape index (κ2) is 2.71. The fourth-order valence-electron chi connectivity index (χ4n) is 0.721. The summed E-state index contributed by atoms with van der Waals surface area (Å²) in [5.41, 5.74) is 5.21. The number of nitrogens with two attached hydrogens (primary N) is 1. The summed E-state index contributed by atoms with van der Waals surface area (Å²) in [4.78, 5) is 10.8. The third-order valence-electron chi connectivity index (χ3n) is 1.34. The Morgan fingerprint density at radius 3 is 3.00 bits per heavy atom. The van der Waals surface area contributed by atoms with Crippen molar-refractivity contribution in [2.45, 2.75) is 6.54 Å². The van der Waals surface area contributed by atoms with Crippen molar-refractivity contribution in [3.63, 3.8) is 0 Å². The summed E-state index contributed by atoms with van der Waals surface area (Å²) in [6.45, 7) is 0.125. The van der Waals surface area contributed by atoms with Crippen molar-refractivity contribution in [2.24, 2.45) is 12.8 Å². The largest absolute Gasteiger partial charge is 0.506 e. The molecule has 1 rings (SSSR count). The van der Waals surface area contributed by atoms with Crippen LogP contribution in [-0.4, -0.2) is 14.9 Å². The van der Waals surface area contributed by atoms with E-state index in [0.717, 1.165) is 10.7 Å². The third kappa shape index (κ3) is 1.38. The van der Waals surface area contributed by atoms with Crippen LogP contribution >= 0.6 is 0 Å². The molecule has 0 aromatic carbocycles. The van der Waals surface area contributed by atoms with Gasteiger partial charge in [-0.1, -0.05) is 0 Å². The first kappa shape index (κ1) is 7.74. The Hall–Kier alpha value is -1.36. The molecule has 1 aromatic heterocycles. The first-order valence-corrected chi connectivity index (χ1v) is 3.11. The Kier molecular flexibility index (Phi) is 1.91. The zero-order valence-electron chi connectivity index (χ0n) is 6.11. The van der Waals surface area contributed by atoms with Gasteiger partial charge in [-0.2, -0.15) is 5.10 Å². The molecule has 0 aliphatic carbocycles. The minimum absolute atomic E-state index is 0.125. The van der Waals surface area contributed by atoms with Gasteiger partial charge < -0.3 is 10.8 Å². The van der Waals surface area contributed by atoms with Gasteiger partial charge in [0, 0.05) is 19.7 Å². The van der Waals surface area contributed by atoms with Crippen molar-refractivity contribution in [3.05, 3.63) is 22.1 Å². The molecule has 0 saturated heterocycles. The van der Waals surface area contributed by atoms with E-state index in [1.807, 2.05) is 0 Å². The van der Waals surface area contributed by atoms with E-state index in [9.17, 15) is 4.79 Å². The highest BCUT2D eigenvalue weighted by molar-refractivity contribution is 5.22. The normalized spacial score (nSPS) is 10.0. The van der Waals surface area contributed by atoms with Crippen LogP contribution in [0.15, 0.2) is 10.9 Å². The molecule has 3 N–H and O–H groups in total. The van der Waals surface area contributed by atoms with Gasteiger partial charge in [-0.05, 0) is 0 Å². The summed E-state index contributed by atoms with van der Waals surface area (Å²) >= 11 is 0. The number of aryl methyl sites for hydroxylation is 1. The van der Waals surface area contributed by atoms with Crippen LogP contribution in [0.3, 0.4) is 0 Å². The second-order valence-corrected chi connectivity index (χ2v) is 2.14. The molecule has 0 aliphatic heterocycles. The van der Waals surface area contributed by atoms with Crippen molar-refractivity contribution in [1.82, 2.24) is 9.78 Å². The van der Waals surface area contributed by atoms with Crippen LogP contribution in [0.4, 0.5) is 0 Å². The zero-order chi connectivity index (χ0) is 8.43. The number of aromatic nitrogens is 2. The van der Waals surface area contributed by atoms with Crippen molar-refractivity contribution >= 4 is 0 Å². The lowest BCUT2D eigenvalue weighted by molar-refractivity contribution is 0.453. The maximum atomic E-state index is 10.8. The summed E-state index contributed by atoms with van der Waals surface area (Å²) in [5.74, 6) is -0.143. The molecular formula is C6H9N3O2. The fraction of sp³-hybridized carbons (Fsp3) is 0.333. The van der Waals surface area contributed by atoms with Crippen LogP contribution in [0.25, 0.3) is 0 Å². The van der Waals surface area contributed by atoms with Gasteiger partial charge in [0.2, 0.25) is 0 Å². The first-order valence-electron chi connectivity index (χ1n) is 3.11. The third-order valence-corrected chi connectivity index (χ3v) is 1.34. The smallest absolute Gasteiger partial charge is 0.270 e. The summed E-state index contributed by atoms with van der Waals surface area (Å²) < 4.78 is 1.13. The highest BCUT2D eigenvalue weighted by Crippen LogP contribution is 2.07. The highest BCUT2D eigenvalue weighted by Gasteiger charge is 2.02. The Morgan fingerprint density at radius 2 is 2.45 bits per heavy atom. The Balaban J connectivity index is 3.32. The average Bonchev–Trinajstić information content (AvgIpc) is 1.97. The zero-order valence-corrected chi connectivity index (χ0v) is 6.11. The number of rotatable bonds is 1. The number of hydrogen-bond acceptors (Lipinski definition) is 4. The predicted octanol–water partition coefficient (Wildman–Crippen LogP) is -1.06. The minimum Gasteiger partial charge on any atom is -0.506 e. The highest BCUT2D eigenvalue weighted by atomic mass is 16.3. The first-order chi connectivity index (χ1) is 5.15. The van der Waals surface area contributed by atoms with E-state index in [1.165, 1.54) is 7.05 Å². The van der Waals surface area contributed by atoms with E-state index in [2.05, 4.69) is 5.10 Å². The molecule has 0 fully saturated rings. The van der Waals surface area contributed by atoms with Crippen LogP contribution in [0.5, 0.6) is 5.75 Å². The van der Waals surface area contributed by atoms with Crippen LogP contribution in [0.1, 0.15) is 5.69 Å². The lowest BCUT2D eigenvalue weighted by Gasteiger charge is -2.01. The van der Waals surface area contributed by atoms with Gasteiger partial charge in [-0.25, -0.2) is 4.68 Å². The van der Waals surface area contributed by atoms with Gasteiger partial charge in [0.25, 0.3) is 5.56 Å². The van der Waals surface area contributed by atoms with E-state index in [-0.39, 0.29) is 17.9 Å². The predicted molar refractivity (Wildman–Crippen MR) is 39.0 cm³/mol. The molecular weight excluding hydrogens is 146 g/mol. The molecule has 0 radical (unpaired) electrons. The lowest BCUT2D eigenvalue weighted by Crippen LogP contribution is -2.20. The number of aromatic hydroxyl groups is 1. The van der Waals surface area contributed by atoms with Gasteiger partial charge in [0.15, 0.2) is 0 Å². The summed E-state index contributed by atoms with van der Waals surface area (Å²) in [5, 5.41) is 12.8. The van der Waals surface area contributed by atoms with Crippen LogP contribution < -0.4 is 11.3 Å². The summed E-state index contributed by atoms with van der Waals surface area (Å²) in [7, 11) is 1.50. The topological polar surface area (TPSA) is 81.1 Å². The Morgan fingerprint density at radius 1 is 1.82 bits per heavy atom. The molecule has 0 bridgehead atoms. The van der Waals surface area contributed by atoms with Gasteiger partial charge >= 0.3 is 0 Å². The van der Waals surface area contributed by atoms with E-state index < -0.39 is 0 Å². The molecule has 1 aromatic rings. The number of hydrogen-bond donors (Lipinski definition) is 2. The SMILES string of the molecule is Cn1nc(CN)c(O)cc1=O. The molecule has 0 saturated carbocycles. The molecule has 0 amide bonds. The van der Waals surface area contributed by atoms with Gasteiger partial charge in [0.05, 0.1) is 0 Å². The molecule has 0 aliphatic rings. The fourth-order valence-corrected chi connectivity index (χ4v) is 0.721. The van der Waals surface area contributed by atoms with E-state index in [4.69, 9.17) is 10.8 Å². The molecule has 11 heavy (non-hydrogen) atoms. The molecule has 0 atom stereocenters. The van der Waals surface area contributed by atoms with E-state index in [0.29, 0.717) is 5.69 Å². The van der Waals surface area contributed by atoms with Crippen molar-refractivity contribution in [3.8, 4) is 5.75 Å². The van der Waals surface area contributed by atoms with Gasteiger partial charge in [-0.15, -0.1) is 0 Å². The summed E-state index contributed by atoms with van der Waals surface area (Å²) in [6, 6.07) is 1.09. The van der Waals surface area contributed by atoms with Crippen molar-refractivity contribution in [1.29, 1.82) is 0 Å². The Bertz CT molecular complexity index is 318. The lowest BCUT2D eigenvalue weighted by atomic mass is 10.3. The summed E-state index contributed by atoms with van der Waals surface area (Å²) in [6.07, 6.45) is 0. The minimum atomic E-state index is -0.347. The van der Waals surface area contributed by atoms with Crippen LogP contribution in [0.2, 0.25) is 0 Å². The molecule has 0 unspecified atom stereocenters. The van der Waals surface area contributed by atoms with Gasteiger partial charge in [-0.3, -0.25) is 4.79 Å². The van der Waals surface area contributed by atoms with Crippen LogP contribution in [-0.2, 0) is 13.6 Å². The van der Waals surface area contributed by atoms with Gasteiger partial charge in [0.1, 0.15) is 11.4 Å². The standard InChI is InChI=1S/C6H9N3O2/c1-9-6(11)2-5(10)4(3-7)8-9/h2,10H,3,7H2,1H3. The molecule has 60 valence electrons. The van der Waals surface area contributed by atoms with Crippen molar-refractivity contribution < 1.29 is 5.11 Å². The monoisotopic (exact) mass is 155 g/mol.